The van der Waals surface area contributed by atoms with Gasteiger partial charge in [-0.2, -0.15) is 5.26 Å². The molecule has 0 aromatic heterocycles. The number of anilines is 1. The van der Waals surface area contributed by atoms with Gasteiger partial charge in [-0.25, -0.2) is 0 Å². The van der Waals surface area contributed by atoms with Crippen molar-refractivity contribution in [3.05, 3.63) is 69.3 Å². The second-order valence-corrected chi connectivity index (χ2v) is 4.82. The third-order valence-electron chi connectivity index (χ3n) is 3.36. The highest BCUT2D eigenvalue weighted by atomic mass is 16.6. The Morgan fingerprint density at radius 1 is 1.24 bits per heavy atom. The molecular formula is C16H15N3O2. The number of non-ortho nitro benzene ring substituents is 1. The van der Waals surface area contributed by atoms with Crippen molar-refractivity contribution in [1.29, 1.82) is 5.26 Å². The number of rotatable bonds is 4. The van der Waals surface area contributed by atoms with Gasteiger partial charge in [0.1, 0.15) is 6.07 Å². The number of nitro benzene ring substituents is 1. The van der Waals surface area contributed by atoms with Crippen LogP contribution in [-0.4, -0.2) is 4.92 Å². The summed E-state index contributed by atoms with van der Waals surface area (Å²) in [5, 5.41) is 23.1. The van der Waals surface area contributed by atoms with Gasteiger partial charge in [0, 0.05) is 18.2 Å². The highest BCUT2D eigenvalue weighted by Gasteiger charge is 2.11. The summed E-state index contributed by atoms with van der Waals surface area (Å²) in [4.78, 5) is 10.2. The van der Waals surface area contributed by atoms with Crippen molar-refractivity contribution in [3.63, 3.8) is 0 Å². The lowest BCUT2D eigenvalue weighted by atomic mass is 10.0. The van der Waals surface area contributed by atoms with Gasteiger partial charge in [-0.05, 0) is 31.0 Å². The van der Waals surface area contributed by atoms with Gasteiger partial charge in [0.05, 0.1) is 16.2 Å². The largest absolute Gasteiger partial charge is 0.377 e. The highest BCUT2D eigenvalue weighted by Crippen LogP contribution is 2.25. The zero-order valence-corrected chi connectivity index (χ0v) is 11.8. The Kier molecular flexibility index (Phi) is 4.19. The number of hydrogen-bond acceptors (Lipinski definition) is 4. The van der Waals surface area contributed by atoms with E-state index >= 15 is 0 Å². The van der Waals surface area contributed by atoms with Crippen molar-refractivity contribution in [1.82, 2.24) is 0 Å². The van der Waals surface area contributed by atoms with Crippen molar-refractivity contribution >= 4 is 11.4 Å². The monoisotopic (exact) mass is 281 g/mol. The molecule has 0 saturated heterocycles. The summed E-state index contributed by atoms with van der Waals surface area (Å²) < 4.78 is 0. The van der Waals surface area contributed by atoms with Gasteiger partial charge in [0.2, 0.25) is 0 Å². The zero-order valence-electron chi connectivity index (χ0n) is 11.8. The van der Waals surface area contributed by atoms with Gasteiger partial charge < -0.3 is 5.32 Å². The van der Waals surface area contributed by atoms with E-state index in [4.69, 9.17) is 0 Å². The minimum atomic E-state index is -0.420. The Hall–Kier alpha value is -2.87. The second kappa shape index (κ2) is 6.06. The number of benzene rings is 2. The van der Waals surface area contributed by atoms with Crippen molar-refractivity contribution in [2.75, 3.05) is 5.32 Å². The van der Waals surface area contributed by atoms with Crippen LogP contribution in [0.25, 0.3) is 0 Å². The first kappa shape index (κ1) is 14.5. The van der Waals surface area contributed by atoms with Crippen LogP contribution in [0.15, 0.2) is 42.5 Å². The molecule has 0 fully saturated rings. The molecule has 0 amide bonds. The standard InChI is InChI=1S/C16H15N3O2/c1-11-4-3-5-16(15(11)10-17)18-12(2)13-6-8-14(9-7-13)19(20)21/h3-9,12,18H,1-2H3. The van der Waals surface area contributed by atoms with Gasteiger partial charge in [-0.1, -0.05) is 24.3 Å². The SMILES string of the molecule is Cc1cccc(NC(C)c2ccc([N+](=O)[O-])cc2)c1C#N. The maximum Gasteiger partial charge on any atom is 0.269 e. The molecule has 1 atom stereocenters. The predicted octanol–water partition coefficient (Wildman–Crippen LogP) is 3.95. The summed E-state index contributed by atoms with van der Waals surface area (Å²) in [6, 6.07) is 14.2. The summed E-state index contributed by atoms with van der Waals surface area (Å²) in [5.74, 6) is 0. The summed E-state index contributed by atoms with van der Waals surface area (Å²) in [7, 11) is 0. The van der Waals surface area contributed by atoms with Gasteiger partial charge >= 0.3 is 0 Å². The summed E-state index contributed by atoms with van der Waals surface area (Å²) >= 11 is 0. The minimum Gasteiger partial charge on any atom is -0.377 e. The molecule has 0 spiro atoms. The van der Waals surface area contributed by atoms with Gasteiger partial charge in [0.15, 0.2) is 0 Å². The fourth-order valence-electron chi connectivity index (χ4n) is 2.14. The molecule has 0 aliphatic carbocycles. The zero-order chi connectivity index (χ0) is 15.4. The van der Waals surface area contributed by atoms with E-state index in [9.17, 15) is 15.4 Å². The Morgan fingerprint density at radius 3 is 2.48 bits per heavy atom. The number of aryl methyl sites for hydroxylation is 1. The van der Waals surface area contributed by atoms with Crippen molar-refractivity contribution < 1.29 is 4.92 Å². The molecule has 0 saturated carbocycles. The van der Waals surface area contributed by atoms with E-state index in [0.29, 0.717) is 5.56 Å². The van der Waals surface area contributed by atoms with Crippen LogP contribution in [0, 0.1) is 28.4 Å². The Morgan fingerprint density at radius 2 is 1.90 bits per heavy atom. The number of hydrogen-bond donors (Lipinski definition) is 1. The molecule has 2 aromatic rings. The molecule has 2 rings (SSSR count). The fourth-order valence-corrected chi connectivity index (χ4v) is 2.14. The van der Waals surface area contributed by atoms with Crippen LogP contribution in [0.2, 0.25) is 0 Å². The van der Waals surface area contributed by atoms with Crippen molar-refractivity contribution in [2.45, 2.75) is 19.9 Å². The number of nitrogens with zero attached hydrogens (tertiary/aromatic N) is 2. The molecule has 106 valence electrons. The van der Waals surface area contributed by atoms with Gasteiger partial charge in [-0.15, -0.1) is 0 Å². The highest BCUT2D eigenvalue weighted by molar-refractivity contribution is 5.61. The minimum absolute atomic E-state index is 0.0558. The van der Waals surface area contributed by atoms with Crippen molar-refractivity contribution in [3.8, 4) is 6.07 Å². The molecule has 5 heteroatoms. The number of nitriles is 1. The Labute approximate surface area is 123 Å². The van der Waals surface area contributed by atoms with E-state index in [-0.39, 0.29) is 11.7 Å². The Balaban J connectivity index is 2.22. The molecule has 0 aliphatic heterocycles. The van der Waals surface area contributed by atoms with E-state index in [1.165, 1.54) is 12.1 Å². The van der Waals surface area contributed by atoms with E-state index < -0.39 is 4.92 Å². The van der Waals surface area contributed by atoms with Crippen LogP contribution in [-0.2, 0) is 0 Å². The molecule has 0 radical (unpaired) electrons. The van der Waals surface area contributed by atoms with E-state index in [2.05, 4.69) is 11.4 Å². The average molecular weight is 281 g/mol. The lowest BCUT2D eigenvalue weighted by Crippen LogP contribution is -2.08. The maximum atomic E-state index is 10.6. The van der Waals surface area contributed by atoms with Crippen molar-refractivity contribution in [2.24, 2.45) is 0 Å². The summed E-state index contributed by atoms with van der Waals surface area (Å²) in [5.41, 5.74) is 3.29. The fraction of sp³-hybridized carbons (Fsp3) is 0.188. The van der Waals surface area contributed by atoms with Crippen LogP contribution >= 0.6 is 0 Å². The third kappa shape index (κ3) is 3.18. The lowest BCUT2D eigenvalue weighted by Gasteiger charge is -2.17. The quantitative estimate of drug-likeness (QED) is 0.679. The van der Waals surface area contributed by atoms with E-state index in [0.717, 1.165) is 16.8 Å². The first-order chi connectivity index (χ1) is 10.0. The van der Waals surface area contributed by atoms with Gasteiger partial charge in [0.25, 0.3) is 5.69 Å². The number of nitrogens with one attached hydrogen (secondary N) is 1. The van der Waals surface area contributed by atoms with Gasteiger partial charge in [-0.3, -0.25) is 10.1 Å². The Bertz CT molecular complexity index is 702. The summed E-state index contributed by atoms with van der Waals surface area (Å²) in [6.07, 6.45) is 0. The van der Waals surface area contributed by atoms with E-state index in [1.807, 2.05) is 32.0 Å². The third-order valence-corrected chi connectivity index (χ3v) is 3.36. The molecule has 21 heavy (non-hydrogen) atoms. The molecule has 5 nitrogen and oxygen atoms in total. The first-order valence-electron chi connectivity index (χ1n) is 6.53. The van der Waals surface area contributed by atoms with Crippen LogP contribution in [0.4, 0.5) is 11.4 Å². The molecule has 0 aliphatic rings. The topological polar surface area (TPSA) is 79.0 Å². The molecule has 1 N–H and O–H groups in total. The van der Waals surface area contributed by atoms with Crippen LogP contribution in [0.5, 0.6) is 0 Å². The second-order valence-electron chi connectivity index (χ2n) is 4.82. The van der Waals surface area contributed by atoms with Crippen LogP contribution in [0.3, 0.4) is 0 Å². The first-order valence-corrected chi connectivity index (χ1v) is 6.53. The number of nitro groups is 1. The average Bonchev–Trinajstić information content (AvgIpc) is 2.47. The maximum absolute atomic E-state index is 10.6. The molecule has 0 heterocycles. The van der Waals surface area contributed by atoms with Crippen LogP contribution < -0.4 is 5.32 Å². The molecule has 2 aromatic carbocycles. The predicted molar refractivity (Wildman–Crippen MR) is 81.0 cm³/mol. The smallest absolute Gasteiger partial charge is 0.269 e. The molecule has 1 unspecified atom stereocenters. The van der Waals surface area contributed by atoms with Crippen LogP contribution in [0.1, 0.15) is 29.7 Å². The van der Waals surface area contributed by atoms with E-state index in [1.54, 1.807) is 12.1 Å². The summed E-state index contributed by atoms with van der Waals surface area (Å²) in [6.45, 7) is 3.84. The normalized spacial score (nSPS) is 11.5. The molecular weight excluding hydrogens is 266 g/mol. The lowest BCUT2D eigenvalue weighted by molar-refractivity contribution is -0.384. The molecule has 0 bridgehead atoms.